The van der Waals surface area contributed by atoms with E-state index < -0.39 is 0 Å². The molecule has 0 radical (unpaired) electrons. The predicted octanol–water partition coefficient (Wildman–Crippen LogP) is 3.42. The second kappa shape index (κ2) is 14.2. The standard InChI is InChI=1S/C24H33N7OS.C5H11N/c1-4-22(32)29-9-11-30(12-10-29)24(27)18-7-8-31(14-21(18)28-15-33)23-17(16(2)3)5-6-20(26)19(23)13-25;1-6-4-2-3-5-6/h4-6,13,15-16,25,27H,1,7-12,14,26H2,2-3H3,(H,28,33);2-5H2,1H3. The van der Waals surface area contributed by atoms with Crippen molar-refractivity contribution in [1.82, 2.24) is 20.0 Å². The molecule has 3 aliphatic rings. The summed E-state index contributed by atoms with van der Waals surface area (Å²) in [6, 6.07) is 3.91. The van der Waals surface area contributed by atoms with Crippen molar-refractivity contribution in [2.75, 3.05) is 70.0 Å². The second-order valence-corrected chi connectivity index (χ2v) is 10.8. The Morgan fingerprint density at radius 2 is 1.74 bits per heavy atom. The molecule has 1 aromatic rings. The lowest BCUT2D eigenvalue weighted by atomic mass is 9.94. The van der Waals surface area contributed by atoms with Gasteiger partial charge in [0.1, 0.15) is 5.84 Å². The highest BCUT2D eigenvalue weighted by Gasteiger charge is 2.29. The summed E-state index contributed by atoms with van der Waals surface area (Å²) in [5.41, 5.74) is 12.9. The molecule has 0 aromatic heterocycles. The van der Waals surface area contributed by atoms with Crippen molar-refractivity contribution < 1.29 is 4.79 Å². The first kappa shape index (κ1) is 30.3. The fourth-order valence-electron chi connectivity index (χ4n) is 5.38. The van der Waals surface area contributed by atoms with Crippen LogP contribution in [-0.2, 0) is 4.79 Å². The van der Waals surface area contributed by atoms with Gasteiger partial charge in [0.05, 0.1) is 17.7 Å². The Morgan fingerprint density at radius 1 is 1.10 bits per heavy atom. The number of anilines is 2. The van der Waals surface area contributed by atoms with E-state index in [1.807, 2.05) is 17.0 Å². The maximum absolute atomic E-state index is 11.9. The van der Waals surface area contributed by atoms with Gasteiger partial charge in [0, 0.05) is 61.5 Å². The Labute approximate surface area is 238 Å². The lowest BCUT2D eigenvalue weighted by Crippen LogP contribution is -2.51. The van der Waals surface area contributed by atoms with E-state index in [4.69, 9.17) is 28.8 Å². The normalized spacial score (nSPS) is 18.0. The number of rotatable bonds is 7. The van der Waals surface area contributed by atoms with Crippen LogP contribution in [0.2, 0.25) is 0 Å². The van der Waals surface area contributed by atoms with E-state index in [2.05, 4.69) is 42.6 Å². The minimum Gasteiger partial charge on any atom is -0.398 e. The zero-order valence-corrected chi connectivity index (χ0v) is 24.4. The summed E-state index contributed by atoms with van der Waals surface area (Å²) >= 11 is 5.10. The van der Waals surface area contributed by atoms with Gasteiger partial charge in [-0.3, -0.25) is 10.2 Å². The Balaban J connectivity index is 0.000000617. The van der Waals surface area contributed by atoms with Crippen LogP contribution in [0, 0.1) is 10.8 Å². The molecule has 0 unspecified atom stereocenters. The van der Waals surface area contributed by atoms with Crippen LogP contribution in [0.15, 0.2) is 36.1 Å². The van der Waals surface area contributed by atoms with E-state index >= 15 is 0 Å². The fourth-order valence-corrected chi connectivity index (χ4v) is 5.52. The van der Waals surface area contributed by atoms with Gasteiger partial charge in [0.25, 0.3) is 0 Å². The molecule has 0 spiro atoms. The monoisotopic (exact) mass is 552 g/mol. The third-order valence-electron chi connectivity index (χ3n) is 7.64. The molecule has 10 heteroatoms. The highest BCUT2D eigenvalue weighted by molar-refractivity contribution is 7.78. The molecule has 39 heavy (non-hydrogen) atoms. The summed E-state index contributed by atoms with van der Waals surface area (Å²) in [6.07, 6.45) is 6.16. The molecule has 4 rings (SSSR count). The molecule has 0 atom stereocenters. The number of hydrogen-bond donors (Lipinski definition) is 4. The molecule has 0 bridgehead atoms. The minimum atomic E-state index is -0.0677. The van der Waals surface area contributed by atoms with Crippen LogP contribution in [0.25, 0.3) is 0 Å². The minimum absolute atomic E-state index is 0.0677. The smallest absolute Gasteiger partial charge is 0.246 e. The number of amidine groups is 1. The van der Waals surface area contributed by atoms with Crippen LogP contribution in [0.4, 0.5) is 11.4 Å². The highest BCUT2D eigenvalue weighted by atomic mass is 32.1. The quantitative estimate of drug-likeness (QED) is 0.135. The van der Waals surface area contributed by atoms with Gasteiger partial charge in [-0.05, 0) is 63.0 Å². The van der Waals surface area contributed by atoms with Crippen LogP contribution in [0.1, 0.15) is 50.2 Å². The molecule has 1 amide bonds. The Hall–Kier alpha value is -3.24. The molecule has 1 aromatic carbocycles. The first-order chi connectivity index (χ1) is 18.7. The topological polar surface area (TPSA) is 116 Å². The number of carbonyl (C=O) groups is 1. The summed E-state index contributed by atoms with van der Waals surface area (Å²) in [4.78, 5) is 20.2. The third-order valence-corrected chi connectivity index (χ3v) is 7.76. The molecular formula is C29H44N8OS. The molecular weight excluding hydrogens is 508 g/mol. The largest absolute Gasteiger partial charge is 0.398 e. The number of nitrogens with two attached hydrogens (primary N) is 1. The fraction of sp³-hybridized carbons (Fsp3) is 0.517. The molecule has 3 heterocycles. The highest BCUT2D eigenvalue weighted by Crippen LogP contribution is 2.36. The average Bonchev–Trinajstić information content (AvgIpc) is 3.43. The molecule has 9 nitrogen and oxygen atoms in total. The lowest BCUT2D eigenvalue weighted by Gasteiger charge is -2.39. The molecule has 2 fully saturated rings. The van der Waals surface area contributed by atoms with Gasteiger partial charge in [-0.15, -0.1) is 0 Å². The van der Waals surface area contributed by atoms with Crippen molar-refractivity contribution in [2.45, 2.75) is 39.0 Å². The first-order valence-electron chi connectivity index (χ1n) is 13.8. The van der Waals surface area contributed by atoms with Gasteiger partial charge < -0.3 is 36.1 Å². The van der Waals surface area contributed by atoms with Gasteiger partial charge in [-0.25, -0.2) is 0 Å². The molecule has 212 valence electrons. The van der Waals surface area contributed by atoms with Crippen molar-refractivity contribution in [3.05, 3.63) is 47.2 Å². The predicted molar refractivity (Wildman–Crippen MR) is 166 cm³/mol. The van der Waals surface area contributed by atoms with E-state index in [0.717, 1.165) is 28.1 Å². The number of nitrogens with zero attached hydrogens (tertiary/aromatic N) is 4. The lowest BCUT2D eigenvalue weighted by molar-refractivity contribution is -0.127. The third kappa shape index (κ3) is 7.45. The number of amides is 1. The molecule has 3 aliphatic heterocycles. The van der Waals surface area contributed by atoms with E-state index in [-0.39, 0.29) is 11.8 Å². The van der Waals surface area contributed by atoms with Crippen molar-refractivity contribution >= 4 is 47.0 Å². The number of piperazine rings is 1. The molecule has 2 saturated heterocycles. The Morgan fingerprint density at radius 3 is 2.26 bits per heavy atom. The SMILES string of the molecule is C=CC(=O)N1CCN(C(=N)C2=C(NC=S)CN(c3c(C(C)C)ccc(N)c3C=N)CC2)CC1.CN1CCCC1. The van der Waals surface area contributed by atoms with Crippen LogP contribution < -0.4 is 16.0 Å². The summed E-state index contributed by atoms with van der Waals surface area (Å²) in [5.74, 6) is 0.685. The van der Waals surface area contributed by atoms with E-state index in [0.29, 0.717) is 57.2 Å². The first-order valence-corrected chi connectivity index (χ1v) is 14.2. The van der Waals surface area contributed by atoms with Crippen molar-refractivity contribution in [3.8, 4) is 0 Å². The number of benzene rings is 1. The van der Waals surface area contributed by atoms with Gasteiger partial charge in [-0.2, -0.15) is 0 Å². The molecule has 5 N–H and O–H groups in total. The molecule has 0 aliphatic carbocycles. The Bertz CT molecular complexity index is 1100. The summed E-state index contributed by atoms with van der Waals surface area (Å²) < 4.78 is 0. The van der Waals surface area contributed by atoms with E-state index in [9.17, 15) is 4.79 Å². The summed E-state index contributed by atoms with van der Waals surface area (Å²) in [7, 11) is 2.17. The van der Waals surface area contributed by atoms with E-state index in [1.54, 1.807) is 4.90 Å². The number of nitrogen functional groups attached to an aromatic ring is 1. The number of hydrogen-bond acceptors (Lipinski definition) is 7. The summed E-state index contributed by atoms with van der Waals surface area (Å²) in [5, 5.41) is 20.0. The maximum Gasteiger partial charge on any atom is 0.246 e. The van der Waals surface area contributed by atoms with Crippen LogP contribution >= 0.6 is 12.2 Å². The number of carbonyl (C=O) groups excluding carboxylic acids is 1. The van der Waals surface area contributed by atoms with E-state index in [1.165, 1.54) is 43.7 Å². The van der Waals surface area contributed by atoms with Crippen LogP contribution in [-0.4, -0.2) is 97.6 Å². The second-order valence-electron chi connectivity index (χ2n) is 10.6. The van der Waals surface area contributed by atoms with Gasteiger partial charge in [0.15, 0.2) is 0 Å². The van der Waals surface area contributed by atoms with Crippen molar-refractivity contribution in [1.29, 1.82) is 10.8 Å². The van der Waals surface area contributed by atoms with Gasteiger partial charge >= 0.3 is 0 Å². The van der Waals surface area contributed by atoms with Crippen molar-refractivity contribution in [2.24, 2.45) is 0 Å². The zero-order chi connectivity index (χ0) is 28.5. The zero-order valence-electron chi connectivity index (χ0n) is 23.6. The Kier molecular flexibility index (Phi) is 11.1. The van der Waals surface area contributed by atoms with Gasteiger partial charge in [-0.1, -0.05) is 38.7 Å². The number of likely N-dealkylation sites (tertiary alicyclic amines) is 1. The average molecular weight is 553 g/mol. The molecule has 0 saturated carbocycles. The summed E-state index contributed by atoms with van der Waals surface area (Å²) in [6.45, 7) is 14.1. The van der Waals surface area contributed by atoms with Crippen LogP contribution in [0.3, 0.4) is 0 Å². The van der Waals surface area contributed by atoms with Gasteiger partial charge in [0.2, 0.25) is 5.91 Å². The number of thiocarbonyl (C=S) groups is 1. The van der Waals surface area contributed by atoms with Crippen molar-refractivity contribution in [3.63, 3.8) is 0 Å². The number of nitrogens with one attached hydrogen (secondary N) is 3. The van der Waals surface area contributed by atoms with Crippen LogP contribution in [0.5, 0.6) is 0 Å². The maximum atomic E-state index is 11.9.